The first-order chi connectivity index (χ1) is 13.3. The summed E-state index contributed by atoms with van der Waals surface area (Å²) in [6, 6.07) is -0.0419. The van der Waals surface area contributed by atoms with Crippen LogP contribution in [0.15, 0.2) is 9.59 Å². The van der Waals surface area contributed by atoms with Crippen LogP contribution in [0.25, 0.3) is 10.9 Å². The van der Waals surface area contributed by atoms with Crippen molar-refractivity contribution in [2.75, 3.05) is 24.6 Å². The SMILES string of the molecule is Cc1c(F)c(N2CC(F)C(C(O)CO)C2)c(C)c2c1c(=O)[nH]c(=O)n2C1CC1. The Morgan fingerprint density at radius 1 is 1.21 bits per heavy atom. The molecule has 0 radical (unpaired) electrons. The molecule has 3 atom stereocenters. The van der Waals surface area contributed by atoms with Crippen LogP contribution in [0.2, 0.25) is 0 Å². The van der Waals surface area contributed by atoms with Gasteiger partial charge in [0, 0.05) is 36.2 Å². The number of aryl methyl sites for hydroxylation is 2. The Balaban J connectivity index is 1.95. The highest BCUT2D eigenvalue weighted by molar-refractivity contribution is 5.90. The van der Waals surface area contributed by atoms with Crippen LogP contribution in [0, 0.1) is 25.6 Å². The second-order valence-corrected chi connectivity index (χ2v) is 7.83. The first-order valence-electron chi connectivity index (χ1n) is 9.41. The standard InChI is InChI=1S/C19H23F2N3O4/c1-8-14-16(24(10-3-4-10)19(28)22-18(14)27)9(2)17(15(8)21)23-5-11(12(20)6-23)13(26)7-25/h10-13,25-26H,3-7H2,1-2H3,(H,22,27,28). The average Bonchev–Trinajstić information content (AvgIpc) is 3.40. The van der Waals surface area contributed by atoms with Crippen LogP contribution in [-0.4, -0.2) is 51.7 Å². The van der Waals surface area contributed by atoms with Gasteiger partial charge in [0.1, 0.15) is 6.17 Å². The number of hydrogen-bond acceptors (Lipinski definition) is 5. The number of halogens is 2. The van der Waals surface area contributed by atoms with E-state index in [1.54, 1.807) is 6.92 Å². The number of H-pyrrole nitrogens is 1. The van der Waals surface area contributed by atoms with Gasteiger partial charge in [0.15, 0.2) is 5.82 Å². The molecule has 3 N–H and O–H groups in total. The van der Waals surface area contributed by atoms with Gasteiger partial charge in [0.25, 0.3) is 5.56 Å². The van der Waals surface area contributed by atoms with Gasteiger partial charge in [-0.3, -0.25) is 14.3 Å². The second kappa shape index (κ2) is 6.66. The number of aliphatic hydroxyl groups excluding tert-OH is 2. The van der Waals surface area contributed by atoms with E-state index in [1.165, 1.54) is 16.4 Å². The first kappa shape index (κ1) is 19.1. The lowest BCUT2D eigenvalue weighted by atomic mass is 10.0. The first-order valence-corrected chi connectivity index (χ1v) is 9.41. The van der Waals surface area contributed by atoms with E-state index in [0.717, 1.165) is 12.8 Å². The highest BCUT2D eigenvalue weighted by Gasteiger charge is 2.40. The zero-order chi connectivity index (χ0) is 20.3. The number of aliphatic hydroxyl groups is 2. The molecule has 9 heteroatoms. The van der Waals surface area contributed by atoms with Crippen molar-refractivity contribution in [3.05, 3.63) is 37.8 Å². The molecule has 7 nitrogen and oxygen atoms in total. The molecule has 152 valence electrons. The van der Waals surface area contributed by atoms with Crippen LogP contribution >= 0.6 is 0 Å². The number of rotatable bonds is 4. The Kier molecular flexibility index (Phi) is 4.54. The van der Waals surface area contributed by atoms with Gasteiger partial charge >= 0.3 is 5.69 Å². The molecule has 1 aromatic heterocycles. The van der Waals surface area contributed by atoms with E-state index in [-0.39, 0.29) is 35.8 Å². The Morgan fingerprint density at radius 2 is 1.89 bits per heavy atom. The maximum Gasteiger partial charge on any atom is 0.329 e. The van der Waals surface area contributed by atoms with Crippen molar-refractivity contribution in [1.82, 2.24) is 9.55 Å². The number of aromatic amines is 1. The average molecular weight is 395 g/mol. The van der Waals surface area contributed by atoms with Crippen molar-refractivity contribution in [2.24, 2.45) is 5.92 Å². The van der Waals surface area contributed by atoms with Crippen LogP contribution in [0.4, 0.5) is 14.5 Å². The van der Waals surface area contributed by atoms with E-state index in [9.17, 15) is 19.1 Å². The number of alkyl halides is 1. The molecule has 1 aliphatic carbocycles. The molecule has 1 saturated heterocycles. The third-order valence-electron chi connectivity index (χ3n) is 5.97. The van der Waals surface area contributed by atoms with Crippen molar-refractivity contribution in [1.29, 1.82) is 0 Å². The lowest BCUT2D eigenvalue weighted by molar-refractivity contribution is 0.0306. The van der Waals surface area contributed by atoms with Gasteiger partial charge in [-0.1, -0.05) is 0 Å². The van der Waals surface area contributed by atoms with Gasteiger partial charge in [0.2, 0.25) is 0 Å². The second-order valence-electron chi connectivity index (χ2n) is 7.83. The topological polar surface area (TPSA) is 98.6 Å². The molecule has 1 aromatic carbocycles. The highest BCUT2D eigenvalue weighted by Crippen LogP contribution is 2.41. The van der Waals surface area contributed by atoms with Crippen molar-refractivity contribution in [2.45, 2.75) is 45.0 Å². The third-order valence-corrected chi connectivity index (χ3v) is 5.97. The van der Waals surface area contributed by atoms with Gasteiger partial charge in [-0.25, -0.2) is 13.6 Å². The predicted molar refractivity (Wildman–Crippen MR) is 100 cm³/mol. The predicted octanol–water partition coefficient (Wildman–Crippen LogP) is 0.908. The molecule has 0 spiro atoms. The maximum absolute atomic E-state index is 15.3. The summed E-state index contributed by atoms with van der Waals surface area (Å²) in [5, 5.41) is 19.1. The molecular weight excluding hydrogens is 372 g/mol. The fourth-order valence-corrected chi connectivity index (χ4v) is 4.36. The van der Waals surface area contributed by atoms with E-state index >= 15 is 4.39 Å². The molecule has 0 bridgehead atoms. The summed E-state index contributed by atoms with van der Waals surface area (Å²) in [5.41, 5.74) is -0.140. The van der Waals surface area contributed by atoms with Gasteiger partial charge in [-0.2, -0.15) is 0 Å². The minimum Gasteiger partial charge on any atom is -0.394 e. The fraction of sp³-hybridized carbons (Fsp3) is 0.579. The molecular formula is C19H23F2N3O4. The number of hydrogen-bond donors (Lipinski definition) is 3. The zero-order valence-electron chi connectivity index (χ0n) is 15.7. The Hall–Kier alpha value is -2.26. The van der Waals surface area contributed by atoms with Gasteiger partial charge in [-0.15, -0.1) is 0 Å². The quantitative estimate of drug-likeness (QED) is 0.715. The van der Waals surface area contributed by atoms with Gasteiger partial charge < -0.3 is 15.1 Å². The molecule has 4 rings (SSSR count). The molecule has 2 aliphatic rings. The summed E-state index contributed by atoms with van der Waals surface area (Å²) >= 11 is 0. The monoisotopic (exact) mass is 395 g/mol. The van der Waals surface area contributed by atoms with Crippen LogP contribution in [-0.2, 0) is 0 Å². The van der Waals surface area contributed by atoms with Crippen LogP contribution in [0.3, 0.4) is 0 Å². The van der Waals surface area contributed by atoms with E-state index < -0.39 is 41.9 Å². The zero-order valence-corrected chi connectivity index (χ0v) is 15.7. The molecule has 2 fully saturated rings. The fourth-order valence-electron chi connectivity index (χ4n) is 4.36. The van der Waals surface area contributed by atoms with Crippen LogP contribution < -0.4 is 16.1 Å². The third kappa shape index (κ3) is 2.76. The molecule has 3 unspecified atom stereocenters. The van der Waals surface area contributed by atoms with E-state index in [2.05, 4.69) is 4.98 Å². The summed E-state index contributed by atoms with van der Waals surface area (Å²) in [6.45, 7) is 2.42. The summed E-state index contributed by atoms with van der Waals surface area (Å²) in [5.74, 6) is -1.48. The number of benzene rings is 1. The normalized spacial score (nSPS) is 23.6. The lowest BCUT2D eigenvalue weighted by Gasteiger charge is -2.25. The lowest BCUT2D eigenvalue weighted by Crippen LogP contribution is -2.33. The smallest absolute Gasteiger partial charge is 0.329 e. The largest absolute Gasteiger partial charge is 0.394 e. The number of aromatic nitrogens is 2. The Labute approximate surface area is 159 Å². The van der Waals surface area contributed by atoms with Crippen molar-refractivity contribution >= 4 is 16.6 Å². The van der Waals surface area contributed by atoms with Crippen LogP contribution in [0.1, 0.15) is 30.0 Å². The molecule has 1 saturated carbocycles. The summed E-state index contributed by atoms with van der Waals surface area (Å²) in [7, 11) is 0. The minimum absolute atomic E-state index is 0.0302. The van der Waals surface area contributed by atoms with Crippen LogP contribution in [0.5, 0.6) is 0 Å². The van der Waals surface area contributed by atoms with E-state index in [0.29, 0.717) is 11.1 Å². The summed E-state index contributed by atoms with van der Waals surface area (Å²) in [6.07, 6.45) is -1.07. The number of fused-ring (bicyclic) bond motifs is 1. The minimum atomic E-state index is -1.43. The van der Waals surface area contributed by atoms with E-state index in [1.807, 2.05) is 0 Å². The summed E-state index contributed by atoms with van der Waals surface area (Å²) in [4.78, 5) is 28.6. The van der Waals surface area contributed by atoms with E-state index in [4.69, 9.17) is 5.11 Å². The number of nitrogens with zero attached hydrogens (tertiary/aromatic N) is 2. The van der Waals surface area contributed by atoms with Crippen molar-refractivity contribution < 1.29 is 19.0 Å². The van der Waals surface area contributed by atoms with Crippen molar-refractivity contribution in [3.8, 4) is 0 Å². The molecule has 28 heavy (non-hydrogen) atoms. The molecule has 0 amide bonds. The summed E-state index contributed by atoms with van der Waals surface area (Å²) < 4.78 is 31.2. The molecule has 2 aromatic rings. The number of anilines is 1. The Morgan fingerprint density at radius 3 is 2.50 bits per heavy atom. The molecule has 1 aliphatic heterocycles. The molecule has 2 heterocycles. The maximum atomic E-state index is 15.3. The van der Waals surface area contributed by atoms with Crippen molar-refractivity contribution in [3.63, 3.8) is 0 Å². The van der Waals surface area contributed by atoms with Gasteiger partial charge in [-0.05, 0) is 26.7 Å². The van der Waals surface area contributed by atoms with Gasteiger partial charge in [0.05, 0.1) is 29.3 Å². The highest BCUT2D eigenvalue weighted by atomic mass is 19.1. The Bertz CT molecular complexity index is 1060. The number of nitrogens with one attached hydrogen (secondary N) is 1.